The van der Waals surface area contributed by atoms with E-state index in [4.69, 9.17) is 4.98 Å². The fourth-order valence-electron chi connectivity index (χ4n) is 2.83. The molecule has 0 spiro atoms. The van der Waals surface area contributed by atoms with E-state index in [1.807, 2.05) is 0 Å². The van der Waals surface area contributed by atoms with Crippen molar-refractivity contribution in [1.29, 1.82) is 0 Å². The normalized spacial score (nSPS) is 13.2. The van der Waals surface area contributed by atoms with Crippen LogP contribution in [0.3, 0.4) is 0 Å². The Morgan fingerprint density at radius 3 is 2.57 bits per heavy atom. The van der Waals surface area contributed by atoms with Crippen molar-refractivity contribution in [2.45, 2.75) is 32.7 Å². The molecule has 0 saturated carbocycles. The molecule has 0 bridgehead atoms. The van der Waals surface area contributed by atoms with E-state index >= 15 is 0 Å². The first-order chi connectivity index (χ1) is 10.2. The van der Waals surface area contributed by atoms with Gasteiger partial charge >= 0.3 is 0 Å². The maximum absolute atomic E-state index is 4.78. The lowest BCUT2D eigenvalue weighted by atomic mass is 10.1. The number of rotatable bonds is 8. The molecule has 0 radical (unpaired) electrons. The lowest BCUT2D eigenvalue weighted by Gasteiger charge is -2.22. The molecule has 0 amide bonds. The van der Waals surface area contributed by atoms with Gasteiger partial charge in [-0.1, -0.05) is 26.0 Å². The molecule has 1 N–H and O–H groups in total. The zero-order valence-corrected chi connectivity index (χ0v) is 13.8. The Balaban J connectivity index is 2.04. The SMILES string of the molecule is CCN(CC)CCC(Cc1nc2ccccc2n1C)NC. The monoisotopic (exact) mass is 288 g/mol. The van der Waals surface area contributed by atoms with Crippen molar-refractivity contribution >= 4 is 11.0 Å². The number of imidazole rings is 1. The van der Waals surface area contributed by atoms with E-state index in [0.29, 0.717) is 6.04 Å². The van der Waals surface area contributed by atoms with Crippen molar-refractivity contribution < 1.29 is 0 Å². The summed E-state index contributed by atoms with van der Waals surface area (Å²) in [6, 6.07) is 8.82. The van der Waals surface area contributed by atoms with Gasteiger partial charge in [0, 0.05) is 19.5 Å². The summed E-state index contributed by atoms with van der Waals surface area (Å²) in [6.07, 6.45) is 2.13. The van der Waals surface area contributed by atoms with Gasteiger partial charge in [-0.15, -0.1) is 0 Å². The van der Waals surface area contributed by atoms with Crippen LogP contribution in [-0.2, 0) is 13.5 Å². The number of nitrogens with one attached hydrogen (secondary N) is 1. The van der Waals surface area contributed by atoms with Crippen LogP contribution in [0.5, 0.6) is 0 Å². The quantitative estimate of drug-likeness (QED) is 0.810. The minimum Gasteiger partial charge on any atom is -0.331 e. The van der Waals surface area contributed by atoms with Gasteiger partial charge in [0.05, 0.1) is 11.0 Å². The summed E-state index contributed by atoms with van der Waals surface area (Å²) in [5.74, 6) is 1.16. The van der Waals surface area contributed by atoms with Crippen LogP contribution in [0.2, 0.25) is 0 Å². The first kappa shape index (κ1) is 16.0. The maximum atomic E-state index is 4.78. The third-order valence-electron chi connectivity index (χ3n) is 4.41. The minimum atomic E-state index is 0.473. The molecule has 21 heavy (non-hydrogen) atoms. The van der Waals surface area contributed by atoms with Crippen LogP contribution >= 0.6 is 0 Å². The Kier molecular flexibility index (Phi) is 5.76. The summed E-state index contributed by atoms with van der Waals surface area (Å²) in [5, 5.41) is 3.45. The van der Waals surface area contributed by atoms with Crippen LogP contribution in [0.25, 0.3) is 11.0 Å². The first-order valence-corrected chi connectivity index (χ1v) is 7.99. The standard InChI is InChI=1S/C17H28N4/c1-5-21(6-2)12-11-14(18-3)13-17-19-15-9-7-8-10-16(15)20(17)4/h7-10,14,18H,5-6,11-13H2,1-4H3. The Morgan fingerprint density at radius 2 is 1.95 bits per heavy atom. The molecule has 1 atom stereocenters. The number of para-hydroxylation sites is 2. The molecule has 4 heteroatoms. The number of aromatic nitrogens is 2. The molecule has 0 aliphatic carbocycles. The highest BCUT2D eigenvalue weighted by Gasteiger charge is 2.14. The van der Waals surface area contributed by atoms with Gasteiger partial charge in [0.2, 0.25) is 0 Å². The largest absolute Gasteiger partial charge is 0.331 e. The van der Waals surface area contributed by atoms with Crippen LogP contribution in [0.4, 0.5) is 0 Å². The fourth-order valence-corrected chi connectivity index (χ4v) is 2.83. The second-order valence-corrected chi connectivity index (χ2v) is 5.58. The average molecular weight is 288 g/mol. The molecule has 4 nitrogen and oxygen atoms in total. The molecule has 0 aliphatic rings. The Morgan fingerprint density at radius 1 is 1.24 bits per heavy atom. The second-order valence-electron chi connectivity index (χ2n) is 5.58. The average Bonchev–Trinajstić information content (AvgIpc) is 2.83. The van der Waals surface area contributed by atoms with Gasteiger partial charge in [-0.05, 0) is 45.2 Å². The smallest absolute Gasteiger partial charge is 0.111 e. The molecule has 1 heterocycles. The zero-order chi connectivity index (χ0) is 15.2. The predicted octanol–water partition coefficient (Wildman–Crippen LogP) is 2.44. The van der Waals surface area contributed by atoms with Crippen molar-refractivity contribution in [3.63, 3.8) is 0 Å². The van der Waals surface area contributed by atoms with Crippen molar-refractivity contribution in [2.75, 3.05) is 26.7 Å². The highest BCUT2D eigenvalue weighted by atomic mass is 15.1. The summed E-state index contributed by atoms with van der Waals surface area (Å²) in [5.41, 5.74) is 2.31. The van der Waals surface area contributed by atoms with E-state index in [-0.39, 0.29) is 0 Å². The highest BCUT2D eigenvalue weighted by Crippen LogP contribution is 2.16. The second kappa shape index (κ2) is 7.57. The number of benzene rings is 1. The predicted molar refractivity (Wildman–Crippen MR) is 89.7 cm³/mol. The number of aryl methyl sites for hydroxylation is 1. The molecular formula is C17H28N4. The van der Waals surface area contributed by atoms with Crippen molar-refractivity contribution in [3.05, 3.63) is 30.1 Å². The molecule has 116 valence electrons. The number of fused-ring (bicyclic) bond motifs is 1. The number of likely N-dealkylation sites (N-methyl/N-ethyl adjacent to an activating group) is 1. The summed E-state index contributed by atoms with van der Waals surface area (Å²) < 4.78 is 2.22. The molecule has 1 aromatic carbocycles. The number of nitrogens with zero attached hydrogens (tertiary/aromatic N) is 3. The van der Waals surface area contributed by atoms with Crippen LogP contribution < -0.4 is 5.32 Å². The maximum Gasteiger partial charge on any atom is 0.111 e. The minimum absolute atomic E-state index is 0.473. The Labute approximate surface area is 128 Å². The third-order valence-corrected chi connectivity index (χ3v) is 4.41. The van der Waals surface area contributed by atoms with Gasteiger partial charge in [-0.25, -0.2) is 4.98 Å². The summed E-state index contributed by atoms with van der Waals surface area (Å²) in [6.45, 7) is 7.84. The Hall–Kier alpha value is -1.39. The summed E-state index contributed by atoms with van der Waals surface area (Å²) in [7, 11) is 4.16. The van der Waals surface area contributed by atoms with Gasteiger partial charge in [-0.2, -0.15) is 0 Å². The van der Waals surface area contributed by atoms with Gasteiger partial charge in [0.15, 0.2) is 0 Å². The Bertz CT molecular complexity index is 557. The van der Waals surface area contributed by atoms with Crippen LogP contribution in [0, 0.1) is 0 Å². The fraction of sp³-hybridized carbons (Fsp3) is 0.588. The lowest BCUT2D eigenvalue weighted by molar-refractivity contribution is 0.282. The molecular weight excluding hydrogens is 260 g/mol. The van der Waals surface area contributed by atoms with Crippen molar-refractivity contribution in [1.82, 2.24) is 19.8 Å². The zero-order valence-electron chi connectivity index (χ0n) is 13.8. The van der Waals surface area contributed by atoms with Gasteiger partial charge in [0.1, 0.15) is 5.82 Å². The van der Waals surface area contributed by atoms with E-state index < -0.39 is 0 Å². The molecule has 1 aromatic heterocycles. The highest BCUT2D eigenvalue weighted by molar-refractivity contribution is 5.75. The van der Waals surface area contributed by atoms with Crippen LogP contribution in [0.1, 0.15) is 26.1 Å². The topological polar surface area (TPSA) is 33.1 Å². The number of hydrogen-bond acceptors (Lipinski definition) is 3. The van der Waals surface area contributed by atoms with Crippen LogP contribution in [0.15, 0.2) is 24.3 Å². The van der Waals surface area contributed by atoms with Crippen LogP contribution in [-0.4, -0.2) is 47.2 Å². The third kappa shape index (κ3) is 3.83. The van der Waals surface area contributed by atoms with Gasteiger partial charge < -0.3 is 14.8 Å². The summed E-state index contributed by atoms with van der Waals surface area (Å²) >= 11 is 0. The van der Waals surface area contributed by atoms with Gasteiger partial charge in [-0.3, -0.25) is 0 Å². The summed E-state index contributed by atoms with van der Waals surface area (Å²) in [4.78, 5) is 7.25. The van der Waals surface area contributed by atoms with E-state index in [9.17, 15) is 0 Å². The van der Waals surface area contributed by atoms with E-state index in [2.05, 4.69) is 67.0 Å². The van der Waals surface area contributed by atoms with E-state index in [0.717, 1.165) is 43.8 Å². The van der Waals surface area contributed by atoms with E-state index in [1.165, 1.54) is 5.52 Å². The molecule has 0 saturated heterocycles. The first-order valence-electron chi connectivity index (χ1n) is 7.99. The molecule has 0 aliphatic heterocycles. The van der Waals surface area contributed by atoms with Crippen molar-refractivity contribution in [3.8, 4) is 0 Å². The van der Waals surface area contributed by atoms with Gasteiger partial charge in [0.25, 0.3) is 0 Å². The molecule has 2 rings (SSSR count). The van der Waals surface area contributed by atoms with Crippen molar-refractivity contribution in [2.24, 2.45) is 7.05 Å². The molecule has 2 aromatic rings. The van der Waals surface area contributed by atoms with E-state index in [1.54, 1.807) is 0 Å². The number of hydrogen-bond donors (Lipinski definition) is 1. The molecule has 0 fully saturated rings. The molecule has 1 unspecified atom stereocenters. The lowest BCUT2D eigenvalue weighted by Crippen LogP contribution is -2.34.